The summed E-state index contributed by atoms with van der Waals surface area (Å²) in [6, 6.07) is 18.9. The molecule has 3 aromatic carbocycles. The Labute approximate surface area is 246 Å². The van der Waals surface area contributed by atoms with Crippen molar-refractivity contribution in [3.05, 3.63) is 95.3 Å². The van der Waals surface area contributed by atoms with Gasteiger partial charge in [-0.05, 0) is 67.3 Å². The van der Waals surface area contributed by atoms with Gasteiger partial charge in [-0.15, -0.1) is 0 Å². The highest BCUT2D eigenvalue weighted by Crippen LogP contribution is 2.26. The van der Waals surface area contributed by atoms with Crippen molar-refractivity contribution in [3.8, 4) is 0 Å². The Balaban J connectivity index is 1.69. The maximum atomic E-state index is 14.1. The first kappa shape index (κ1) is 30.5. The van der Waals surface area contributed by atoms with Crippen LogP contribution in [-0.2, 0) is 26.2 Å². The molecule has 10 heteroatoms. The Morgan fingerprint density at radius 1 is 0.951 bits per heavy atom. The Kier molecular flexibility index (Phi) is 10.4. The highest BCUT2D eigenvalue weighted by molar-refractivity contribution is 7.92. The molecule has 0 saturated heterocycles. The molecule has 1 aliphatic rings. The molecule has 41 heavy (non-hydrogen) atoms. The zero-order chi connectivity index (χ0) is 29.4. The van der Waals surface area contributed by atoms with Crippen LogP contribution in [0, 0.1) is 5.82 Å². The third-order valence-corrected chi connectivity index (χ3v) is 9.52. The third-order valence-electron chi connectivity index (χ3n) is 7.36. The van der Waals surface area contributed by atoms with Gasteiger partial charge in [0.05, 0.1) is 10.6 Å². The molecule has 0 unspecified atom stereocenters. The summed E-state index contributed by atoms with van der Waals surface area (Å²) in [7, 11) is -4.26. The number of carbonyl (C=O) groups is 2. The van der Waals surface area contributed by atoms with E-state index in [1.807, 2.05) is 6.92 Å². The molecule has 0 spiro atoms. The summed E-state index contributed by atoms with van der Waals surface area (Å²) in [6.45, 7) is 1.28. The van der Waals surface area contributed by atoms with Gasteiger partial charge in [-0.3, -0.25) is 13.9 Å². The fraction of sp³-hybridized carbons (Fsp3) is 0.355. The van der Waals surface area contributed by atoms with Gasteiger partial charge in [0.2, 0.25) is 11.8 Å². The van der Waals surface area contributed by atoms with Gasteiger partial charge in [0.25, 0.3) is 10.0 Å². The van der Waals surface area contributed by atoms with E-state index in [4.69, 9.17) is 11.6 Å². The number of para-hydroxylation sites is 1. The molecule has 1 fully saturated rings. The molecule has 0 heterocycles. The molecule has 0 radical (unpaired) electrons. The van der Waals surface area contributed by atoms with Gasteiger partial charge in [-0.2, -0.15) is 0 Å². The second-order valence-corrected chi connectivity index (χ2v) is 12.5. The van der Waals surface area contributed by atoms with Crippen LogP contribution in [0.3, 0.4) is 0 Å². The standard InChI is InChI=1S/C31H35ClFN3O4S/c1-2-29(31(38)34-25-12-5-3-6-13-25)35(21-23-11-9-10-16-28(23)32)30(37)22-36(26-14-7-4-8-15-26)41(39,40)27-19-17-24(33)18-20-27/h4,7-11,14-20,25,29H,2-3,5-6,12-13,21-22H2,1H3,(H,34,38)/t29-/m0/s1. The molecule has 0 bridgehead atoms. The van der Waals surface area contributed by atoms with Gasteiger partial charge in [0, 0.05) is 17.6 Å². The predicted molar refractivity (Wildman–Crippen MR) is 158 cm³/mol. The maximum Gasteiger partial charge on any atom is 0.264 e. The van der Waals surface area contributed by atoms with Crippen LogP contribution in [-0.4, -0.2) is 43.8 Å². The largest absolute Gasteiger partial charge is 0.352 e. The summed E-state index contributed by atoms with van der Waals surface area (Å²) < 4.78 is 42.2. The first-order valence-electron chi connectivity index (χ1n) is 13.9. The summed E-state index contributed by atoms with van der Waals surface area (Å²) in [5, 5.41) is 3.56. The van der Waals surface area contributed by atoms with Crippen LogP contribution in [0.25, 0.3) is 0 Å². The van der Waals surface area contributed by atoms with E-state index >= 15 is 0 Å². The fourth-order valence-corrected chi connectivity index (χ4v) is 6.74. The van der Waals surface area contributed by atoms with Gasteiger partial charge in [0.15, 0.2) is 0 Å². The number of amides is 2. The van der Waals surface area contributed by atoms with Gasteiger partial charge in [-0.1, -0.05) is 74.2 Å². The average molecular weight is 600 g/mol. The number of sulfonamides is 1. The quantitative estimate of drug-likeness (QED) is 0.296. The third kappa shape index (κ3) is 7.65. The van der Waals surface area contributed by atoms with Crippen LogP contribution in [0.4, 0.5) is 10.1 Å². The zero-order valence-corrected chi connectivity index (χ0v) is 24.6. The molecule has 2 amide bonds. The lowest BCUT2D eigenvalue weighted by molar-refractivity contribution is -0.140. The van der Waals surface area contributed by atoms with E-state index < -0.39 is 34.3 Å². The number of rotatable bonds is 11. The second kappa shape index (κ2) is 14.0. The monoisotopic (exact) mass is 599 g/mol. The molecule has 7 nitrogen and oxygen atoms in total. The smallest absolute Gasteiger partial charge is 0.264 e. The molecular weight excluding hydrogens is 565 g/mol. The number of halogens is 2. The van der Waals surface area contributed by atoms with Crippen LogP contribution >= 0.6 is 11.6 Å². The van der Waals surface area contributed by atoms with Crippen LogP contribution in [0.15, 0.2) is 83.8 Å². The first-order valence-corrected chi connectivity index (χ1v) is 15.7. The van der Waals surface area contributed by atoms with Crippen molar-refractivity contribution >= 4 is 39.1 Å². The minimum absolute atomic E-state index is 0.0221. The second-order valence-electron chi connectivity index (χ2n) is 10.2. The minimum atomic E-state index is -4.26. The Bertz CT molecular complexity index is 1430. The summed E-state index contributed by atoms with van der Waals surface area (Å²) in [4.78, 5) is 28.9. The lowest BCUT2D eigenvalue weighted by Crippen LogP contribution is -2.54. The van der Waals surface area contributed by atoms with Gasteiger partial charge in [0.1, 0.15) is 18.4 Å². The van der Waals surface area contributed by atoms with Crippen molar-refractivity contribution in [1.29, 1.82) is 0 Å². The van der Waals surface area contributed by atoms with Crippen molar-refractivity contribution in [2.24, 2.45) is 0 Å². The lowest BCUT2D eigenvalue weighted by atomic mass is 9.95. The van der Waals surface area contributed by atoms with Crippen molar-refractivity contribution in [3.63, 3.8) is 0 Å². The van der Waals surface area contributed by atoms with Crippen molar-refractivity contribution in [2.75, 3.05) is 10.8 Å². The number of hydrogen-bond acceptors (Lipinski definition) is 4. The highest BCUT2D eigenvalue weighted by Gasteiger charge is 2.34. The predicted octanol–water partition coefficient (Wildman–Crippen LogP) is 5.93. The lowest BCUT2D eigenvalue weighted by Gasteiger charge is -2.34. The van der Waals surface area contributed by atoms with Crippen LogP contribution in [0.5, 0.6) is 0 Å². The summed E-state index contributed by atoms with van der Waals surface area (Å²) in [5.74, 6) is -1.41. The Morgan fingerprint density at radius 3 is 2.22 bits per heavy atom. The SMILES string of the molecule is CC[C@@H](C(=O)NC1CCCCC1)N(Cc1ccccc1Cl)C(=O)CN(c1ccccc1)S(=O)(=O)c1ccc(F)cc1. The molecule has 3 aromatic rings. The number of carbonyl (C=O) groups excluding carboxylic acids is 2. The Morgan fingerprint density at radius 2 is 1.59 bits per heavy atom. The van der Waals surface area contributed by atoms with E-state index in [1.54, 1.807) is 54.6 Å². The van der Waals surface area contributed by atoms with Crippen LogP contribution < -0.4 is 9.62 Å². The topological polar surface area (TPSA) is 86.8 Å². The van der Waals surface area contributed by atoms with Crippen molar-refractivity contribution in [1.82, 2.24) is 10.2 Å². The van der Waals surface area contributed by atoms with Crippen molar-refractivity contribution in [2.45, 2.75) is 69.0 Å². The molecule has 1 saturated carbocycles. The number of nitrogens with zero attached hydrogens (tertiary/aromatic N) is 2. The fourth-order valence-electron chi connectivity index (χ4n) is 5.13. The molecule has 1 N–H and O–H groups in total. The van der Waals surface area contributed by atoms with E-state index in [2.05, 4.69) is 5.32 Å². The molecule has 218 valence electrons. The van der Waals surface area contributed by atoms with Crippen molar-refractivity contribution < 1.29 is 22.4 Å². The number of nitrogens with one attached hydrogen (secondary N) is 1. The molecule has 0 aromatic heterocycles. The number of benzene rings is 3. The summed E-state index contributed by atoms with van der Waals surface area (Å²) in [6.07, 6.45) is 5.31. The van der Waals surface area contributed by atoms with Gasteiger partial charge >= 0.3 is 0 Å². The van der Waals surface area contributed by atoms with E-state index in [9.17, 15) is 22.4 Å². The minimum Gasteiger partial charge on any atom is -0.352 e. The van der Waals surface area contributed by atoms with E-state index in [1.165, 1.54) is 17.0 Å². The zero-order valence-electron chi connectivity index (χ0n) is 23.0. The van der Waals surface area contributed by atoms with Gasteiger partial charge in [-0.25, -0.2) is 12.8 Å². The highest BCUT2D eigenvalue weighted by atomic mass is 35.5. The maximum absolute atomic E-state index is 14.1. The summed E-state index contributed by atoms with van der Waals surface area (Å²) >= 11 is 6.45. The molecule has 4 rings (SSSR count). The van der Waals surface area contributed by atoms with Crippen LogP contribution in [0.2, 0.25) is 5.02 Å². The van der Waals surface area contributed by atoms with E-state index in [0.29, 0.717) is 17.0 Å². The average Bonchev–Trinajstić information content (AvgIpc) is 2.97. The molecule has 0 aliphatic heterocycles. The Hall–Kier alpha value is -3.43. The molecule has 1 aliphatic carbocycles. The number of hydrogen-bond donors (Lipinski definition) is 1. The number of anilines is 1. The van der Waals surface area contributed by atoms with Gasteiger partial charge < -0.3 is 10.2 Å². The van der Waals surface area contributed by atoms with E-state index in [0.717, 1.165) is 48.5 Å². The first-order chi connectivity index (χ1) is 19.7. The normalized spacial score (nSPS) is 14.7. The van der Waals surface area contributed by atoms with Crippen LogP contribution in [0.1, 0.15) is 51.0 Å². The summed E-state index contributed by atoms with van der Waals surface area (Å²) in [5.41, 5.74) is 0.904. The molecular formula is C31H35ClFN3O4S. The van der Waals surface area contributed by atoms with E-state index in [-0.39, 0.29) is 29.1 Å². The molecule has 1 atom stereocenters.